The standard InChI is InChI=1S/C15H15Cl2N3O2/c1-9-18-14(22-19-9)11-3-2-6-20(8-11)15(21)10-4-5-12(16)13(17)7-10/h4-5,7,11H,2-3,6,8H2,1H3. The van der Waals surface area contributed by atoms with Crippen molar-refractivity contribution < 1.29 is 9.32 Å². The maximum Gasteiger partial charge on any atom is 0.253 e. The number of rotatable bonds is 2. The summed E-state index contributed by atoms with van der Waals surface area (Å²) in [5.41, 5.74) is 0.539. The van der Waals surface area contributed by atoms with Crippen LogP contribution in [0.2, 0.25) is 10.0 Å². The van der Waals surface area contributed by atoms with Gasteiger partial charge in [-0.3, -0.25) is 4.79 Å². The van der Waals surface area contributed by atoms with Gasteiger partial charge in [0, 0.05) is 18.7 Å². The summed E-state index contributed by atoms with van der Waals surface area (Å²) >= 11 is 11.9. The van der Waals surface area contributed by atoms with Crippen LogP contribution in [0.4, 0.5) is 0 Å². The van der Waals surface area contributed by atoms with E-state index in [-0.39, 0.29) is 11.8 Å². The van der Waals surface area contributed by atoms with Crippen molar-refractivity contribution in [3.8, 4) is 0 Å². The molecular weight excluding hydrogens is 325 g/mol. The van der Waals surface area contributed by atoms with Gasteiger partial charge in [-0.05, 0) is 38.0 Å². The highest BCUT2D eigenvalue weighted by atomic mass is 35.5. The number of carbonyl (C=O) groups excluding carboxylic acids is 1. The number of amides is 1. The van der Waals surface area contributed by atoms with Crippen LogP contribution in [0, 0.1) is 6.92 Å². The van der Waals surface area contributed by atoms with Crippen LogP contribution in [-0.4, -0.2) is 34.0 Å². The predicted octanol–water partition coefficient (Wildman–Crippen LogP) is 3.70. The summed E-state index contributed by atoms with van der Waals surface area (Å²) in [4.78, 5) is 18.7. The lowest BCUT2D eigenvalue weighted by Crippen LogP contribution is -2.39. The highest BCUT2D eigenvalue weighted by Gasteiger charge is 2.28. The third-order valence-electron chi connectivity index (χ3n) is 3.77. The topological polar surface area (TPSA) is 59.2 Å². The minimum Gasteiger partial charge on any atom is -0.339 e. The first-order valence-corrected chi connectivity index (χ1v) is 7.84. The molecule has 0 spiro atoms. The molecule has 1 unspecified atom stereocenters. The average Bonchev–Trinajstić information content (AvgIpc) is 2.96. The molecule has 1 aromatic carbocycles. The van der Waals surface area contributed by atoms with Crippen LogP contribution in [0.5, 0.6) is 0 Å². The van der Waals surface area contributed by atoms with E-state index in [9.17, 15) is 4.79 Å². The Balaban J connectivity index is 1.76. The molecule has 1 amide bonds. The number of hydrogen-bond acceptors (Lipinski definition) is 4. The lowest BCUT2D eigenvalue weighted by atomic mass is 9.97. The van der Waals surface area contributed by atoms with Crippen LogP contribution in [0.1, 0.15) is 40.8 Å². The lowest BCUT2D eigenvalue weighted by molar-refractivity contribution is 0.0695. The third-order valence-corrected chi connectivity index (χ3v) is 4.51. The highest BCUT2D eigenvalue weighted by Crippen LogP contribution is 2.28. The molecule has 5 nitrogen and oxygen atoms in total. The van der Waals surface area contributed by atoms with Crippen molar-refractivity contribution in [1.82, 2.24) is 15.0 Å². The minimum atomic E-state index is -0.0560. The second kappa shape index (κ2) is 6.26. The molecule has 0 radical (unpaired) electrons. The van der Waals surface area contributed by atoms with Gasteiger partial charge < -0.3 is 9.42 Å². The van der Waals surface area contributed by atoms with Crippen molar-refractivity contribution in [2.45, 2.75) is 25.7 Å². The summed E-state index contributed by atoms with van der Waals surface area (Å²) < 4.78 is 5.23. The summed E-state index contributed by atoms with van der Waals surface area (Å²) in [5.74, 6) is 1.24. The molecule has 22 heavy (non-hydrogen) atoms. The molecule has 7 heteroatoms. The summed E-state index contributed by atoms with van der Waals surface area (Å²) in [5, 5.41) is 4.64. The van der Waals surface area contributed by atoms with Crippen LogP contribution >= 0.6 is 23.2 Å². The van der Waals surface area contributed by atoms with Gasteiger partial charge in [0.1, 0.15) is 0 Å². The number of piperidine rings is 1. The summed E-state index contributed by atoms with van der Waals surface area (Å²) in [6, 6.07) is 4.93. The fourth-order valence-electron chi connectivity index (χ4n) is 2.65. The van der Waals surface area contributed by atoms with Crippen LogP contribution in [0.15, 0.2) is 22.7 Å². The molecule has 1 fully saturated rings. The Labute approximate surface area is 138 Å². The zero-order chi connectivity index (χ0) is 15.7. The Morgan fingerprint density at radius 2 is 2.18 bits per heavy atom. The molecule has 0 bridgehead atoms. The van der Waals surface area contributed by atoms with Gasteiger partial charge in [0.15, 0.2) is 5.82 Å². The number of benzene rings is 1. The van der Waals surface area contributed by atoms with Crippen molar-refractivity contribution in [2.24, 2.45) is 0 Å². The number of hydrogen-bond donors (Lipinski definition) is 0. The quantitative estimate of drug-likeness (QED) is 0.836. The van der Waals surface area contributed by atoms with Crippen molar-refractivity contribution in [3.63, 3.8) is 0 Å². The molecule has 1 atom stereocenters. The van der Waals surface area contributed by atoms with E-state index >= 15 is 0 Å². The van der Waals surface area contributed by atoms with Crippen LogP contribution < -0.4 is 0 Å². The number of aromatic nitrogens is 2. The van der Waals surface area contributed by atoms with Gasteiger partial charge in [0.2, 0.25) is 5.89 Å². The molecule has 3 rings (SSSR count). The van der Waals surface area contributed by atoms with Crippen molar-refractivity contribution in [2.75, 3.05) is 13.1 Å². The number of nitrogens with zero attached hydrogens (tertiary/aromatic N) is 3. The van der Waals surface area contributed by atoms with Crippen molar-refractivity contribution in [1.29, 1.82) is 0 Å². The zero-order valence-corrected chi connectivity index (χ0v) is 13.6. The summed E-state index contributed by atoms with van der Waals surface area (Å²) in [6.45, 7) is 3.07. The van der Waals surface area contributed by atoms with E-state index in [1.807, 2.05) is 0 Å². The molecule has 0 aliphatic carbocycles. The summed E-state index contributed by atoms with van der Waals surface area (Å²) in [7, 11) is 0. The molecule has 2 aromatic rings. The lowest BCUT2D eigenvalue weighted by Gasteiger charge is -2.31. The molecule has 1 saturated heterocycles. The largest absolute Gasteiger partial charge is 0.339 e. The molecule has 1 aliphatic heterocycles. The zero-order valence-electron chi connectivity index (χ0n) is 12.1. The van der Waals surface area contributed by atoms with E-state index in [1.54, 1.807) is 30.0 Å². The van der Waals surface area contributed by atoms with Crippen LogP contribution in [-0.2, 0) is 0 Å². The van der Waals surface area contributed by atoms with Gasteiger partial charge in [-0.1, -0.05) is 28.4 Å². The molecule has 1 aromatic heterocycles. The first-order valence-electron chi connectivity index (χ1n) is 7.09. The number of aryl methyl sites for hydroxylation is 1. The van der Waals surface area contributed by atoms with Crippen LogP contribution in [0.25, 0.3) is 0 Å². The first kappa shape index (κ1) is 15.3. The molecule has 1 aliphatic rings. The Hall–Kier alpha value is -1.59. The van der Waals surface area contributed by atoms with Gasteiger partial charge >= 0.3 is 0 Å². The normalized spacial score (nSPS) is 18.5. The Morgan fingerprint density at radius 1 is 1.36 bits per heavy atom. The van der Waals surface area contributed by atoms with Crippen molar-refractivity contribution in [3.05, 3.63) is 45.5 Å². The Kier molecular flexibility index (Phi) is 4.36. The fraction of sp³-hybridized carbons (Fsp3) is 0.400. The van der Waals surface area contributed by atoms with E-state index in [0.29, 0.717) is 40.4 Å². The first-order chi connectivity index (χ1) is 10.5. The molecule has 0 saturated carbocycles. The average molecular weight is 340 g/mol. The van der Waals surface area contributed by atoms with E-state index in [0.717, 1.165) is 12.8 Å². The number of likely N-dealkylation sites (tertiary alicyclic amines) is 1. The van der Waals surface area contributed by atoms with Gasteiger partial charge in [0.05, 0.1) is 16.0 Å². The van der Waals surface area contributed by atoms with Gasteiger partial charge in [-0.25, -0.2) is 0 Å². The van der Waals surface area contributed by atoms with Gasteiger partial charge in [-0.15, -0.1) is 0 Å². The number of halogens is 2. The smallest absolute Gasteiger partial charge is 0.253 e. The highest BCUT2D eigenvalue weighted by molar-refractivity contribution is 6.42. The monoisotopic (exact) mass is 339 g/mol. The fourth-order valence-corrected chi connectivity index (χ4v) is 2.95. The minimum absolute atomic E-state index is 0.0560. The summed E-state index contributed by atoms with van der Waals surface area (Å²) in [6.07, 6.45) is 1.84. The van der Waals surface area contributed by atoms with Crippen LogP contribution in [0.3, 0.4) is 0 Å². The Morgan fingerprint density at radius 3 is 2.86 bits per heavy atom. The maximum atomic E-state index is 12.6. The molecule has 116 valence electrons. The van der Waals surface area contributed by atoms with Gasteiger partial charge in [0.25, 0.3) is 5.91 Å². The molecule has 0 N–H and O–H groups in total. The van der Waals surface area contributed by atoms with E-state index in [4.69, 9.17) is 27.7 Å². The Bertz CT molecular complexity index is 702. The van der Waals surface area contributed by atoms with E-state index < -0.39 is 0 Å². The number of carbonyl (C=O) groups is 1. The maximum absolute atomic E-state index is 12.6. The molecular formula is C15H15Cl2N3O2. The van der Waals surface area contributed by atoms with Gasteiger partial charge in [-0.2, -0.15) is 4.98 Å². The van der Waals surface area contributed by atoms with E-state index in [2.05, 4.69) is 10.1 Å². The van der Waals surface area contributed by atoms with Crippen molar-refractivity contribution >= 4 is 29.1 Å². The third kappa shape index (κ3) is 3.10. The van der Waals surface area contributed by atoms with E-state index in [1.165, 1.54) is 0 Å². The second-order valence-electron chi connectivity index (χ2n) is 5.40. The SMILES string of the molecule is Cc1noc(C2CCCN(C(=O)c3ccc(Cl)c(Cl)c3)C2)n1. The molecule has 2 heterocycles. The second-order valence-corrected chi connectivity index (χ2v) is 6.21. The predicted molar refractivity (Wildman–Crippen MR) is 83.4 cm³/mol.